The van der Waals surface area contributed by atoms with Crippen molar-refractivity contribution >= 4 is 52.0 Å². The first-order chi connectivity index (χ1) is 18.0. The normalized spacial score (nSPS) is 11.0. The first-order valence-electron chi connectivity index (χ1n) is 11.9. The summed E-state index contributed by atoms with van der Waals surface area (Å²) in [4.78, 5) is 35.8. The van der Waals surface area contributed by atoms with E-state index in [0.717, 1.165) is 22.0 Å². The van der Waals surface area contributed by atoms with Gasteiger partial charge in [0.1, 0.15) is 11.6 Å². The molecular weight excluding hydrogens is 490 g/mol. The molecule has 2 amide bonds. The van der Waals surface area contributed by atoms with Gasteiger partial charge in [-0.25, -0.2) is 9.97 Å². The van der Waals surface area contributed by atoms with Gasteiger partial charge in [0.25, 0.3) is 0 Å². The van der Waals surface area contributed by atoms with E-state index in [-0.39, 0.29) is 11.8 Å². The Hall–Kier alpha value is -4.37. The first-order valence-corrected chi connectivity index (χ1v) is 12.2. The van der Waals surface area contributed by atoms with Gasteiger partial charge in [-0.15, -0.1) is 0 Å². The van der Waals surface area contributed by atoms with Crippen LogP contribution in [0.4, 0.5) is 11.6 Å². The summed E-state index contributed by atoms with van der Waals surface area (Å²) in [6, 6.07) is 17.0. The van der Waals surface area contributed by atoms with Crippen molar-refractivity contribution in [2.45, 2.75) is 6.92 Å². The molecule has 0 aliphatic rings. The summed E-state index contributed by atoms with van der Waals surface area (Å²) < 4.78 is 0. The Kier molecular flexibility index (Phi) is 8.72. The zero-order chi connectivity index (χ0) is 26.0. The van der Waals surface area contributed by atoms with E-state index in [1.165, 1.54) is 13.0 Å². The topological polar surface area (TPSA) is 124 Å². The number of halogens is 1. The van der Waals surface area contributed by atoms with Crippen LogP contribution in [0, 0.1) is 0 Å². The van der Waals surface area contributed by atoms with Crippen LogP contribution in [0.15, 0.2) is 66.9 Å². The number of aromatic amines is 1. The van der Waals surface area contributed by atoms with Crippen LogP contribution in [-0.2, 0) is 9.59 Å². The lowest BCUT2D eigenvalue weighted by Crippen LogP contribution is -2.27. The molecule has 0 aliphatic heterocycles. The zero-order valence-electron chi connectivity index (χ0n) is 20.3. The Morgan fingerprint density at radius 1 is 0.919 bits per heavy atom. The van der Waals surface area contributed by atoms with Crippen molar-refractivity contribution in [3.05, 3.63) is 77.5 Å². The number of H-pyrrole nitrogens is 1. The second-order valence-corrected chi connectivity index (χ2v) is 8.66. The van der Waals surface area contributed by atoms with Gasteiger partial charge >= 0.3 is 0 Å². The molecule has 5 N–H and O–H groups in total. The molecule has 4 aromatic rings. The number of nitrogens with one attached hydrogen (secondary N) is 5. The molecule has 4 rings (SSSR count). The van der Waals surface area contributed by atoms with Crippen LogP contribution in [0.3, 0.4) is 0 Å². The molecule has 0 aliphatic carbocycles. The van der Waals surface area contributed by atoms with Gasteiger partial charge in [0, 0.05) is 72.9 Å². The molecule has 0 spiro atoms. The largest absolute Gasteiger partial charge is 0.368 e. The monoisotopic (exact) mass is 517 g/mol. The van der Waals surface area contributed by atoms with Gasteiger partial charge in [-0.2, -0.15) is 0 Å². The van der Waals surface area contributed by atoms with Gasteiger partial charge in [-0.05, 0) is 42.0 Å². The third-order valence-electron chi connectivity index (χ3n) is 5.40. The summed E-state index contributed by atoms with van der Waals surface area (Å²) in [6.45, 7) is 3.32. The zero-order valence-corrected chi connectivity index (χ0v) is 21.1. The Bertz CT molecular complexity index is 1400. The highest BCUT2D eigenvalue weighted by Gasteiger charge is 2.08. The van der Waals surface area contributed by atoms with E-state index in [0.29, 0.717) is 48.7 Å². The van der Waals surface area contributed by atoms with E-state index in [4.69, 9.17) is 11.6 Å². The highest BCUT2D eigenvalue weighted by molar-refractivity contribution is 6.30. The molecule has 0 bridgehead atoms. The highest BCUT2D eigenvalue weighted by atomic mass is 35.5. The number of para-hydroxylation sites is 1. The lowest BCUT2D eigenvalue weighted by atomic mass is 10.1. The second-order valence-electron chi connectivity index (χ2n) is 8.22. The Morgan fingerprint density at radius 2 is 1.59 bits per heavy atom. The summed E-state index contributed by atoms with van der Waals surface area (Å²) in [5.74, 6) is 1.46. The van der Waals surface area contributed by atoms with Gasteiger partial charge in [0.05, 0.1) is 0 Å². The van der Waals surface area contributed by atoms with Gasteiger partial charge < -0.3 is 26.3 Å². The van der Waals surface area contributed by atoms with Crippen molar-refractivity contribution < 1.29 is 9.59 Å². The second kappa shape index (κ2) is 12.5. The number of fused-ring (bicyclic) bond motifs is 1. The van der Waals surface area contributed by atoms with Gasteiger partial charge in [0.15, 0.2) is 5.82 Å². The minimum atomic E-state index is -0.183. The third-order valence-corrected chi connectivity index (χ3v) is 5.65. The fraction of sp³-hybridized carbons (Fsp3) is 0.185. The summed E-state index contributed by atoms with van der Waals surface area (Å²) >= 11 is 6.02. The van der Waals surface area contributed by atoms with Crippen molar-refractivity contribution in [3.63, 3.8) is 0 Å². The number of anilines is 2. The smallest absolute Gasteiger partial charge is 0.244 e. The molecule has 0 radical (unpaired) electrons. The molecule has 0 saturated carbocycles. The highest BCUT2D eigenvalue weighted by Crippen LogP contribution is 2.22. The van der Waals surface area contributed by atoms with Crippen LogP contribution in [0.2, 0.25) is 5.02 Å². The minimum absolute atomic E-state index is 0.0907. The van der Waals surface area contributed by atoms with E-state index in [2.05, 4.69) is 36.2 Å². The van der Waals surface area contributed by atoms with Crippen molar-refractivity contribution in [2.75, 3.05) is 36.8 Å². The van der Waals surface area contributed by atoms with E-state index < -0.39 is 0 Å². The Labute approximate surface area is 219 Å². The maximum Gasteiger partial charge on any atom is 0.244 e. The van der Waals surface area contributed by atoms with Crippen molar-refractivity contribution in [1.29, 1.82) is 0 Å². The van der Waals surface area contributed by atoms with Crippen LogP contribution in [0.5, 0.6) is 0 Å². The summed E-state index contributed by atoms with van der Waals surface area (Å²) in [6.07, 6.45) is 5.20. The van der Waals surface area contributed by atoms with Crippen molar-refractivity contribution in [3.8, 4) is 11.4 Å². The molecule has 37 heavy (non-hydrogen) atoms. The van der Waals surface area contributed by atoms with Gasteiger partial charge in [-0.3, -0.25) is 9.59 Å². The van der Waals surface area contributed by atoms with Crippen LogP contribution < -0.4 is 21.3 Å². The van der Waals surface area contributed by atoms with E-state index in [1.54, 1.807) is 24.3 Å². The lowest BCUT2D eigenvalue weighted by molar-refractivity contribution is -0.119. The predicted molar refractivity (Wildman–Crippen MR) is 148 cm³/mol. The predicted octanol–water partition coefficient (Wildman–Crippen LogP) is 4.07. The molecule has 0 fully saturated rings. The molecule has 10 heteroatoms. The number of carbonyl (C=O) groups excluding carboxylic acids is 2. The van der Waals surface area contributed by atoms with Gasteiger partial charge in [0.2, 0.25) is 11.8 Å². The fourth-order valence-corrected chi connectivity index (χ4v) is 3.74. The third kappa shape index (κ3) is 7.55. The van der Waals surface area contributed by atoms with E-state index >= 15 is 0 Å². The lowest BCUT2D eigenvalue weighted by Gasteiger charge is -2.12. The average Bonchev–Trinajstić information content (AvgIpc) is 3.31. The van der Waals surface area contributed by atoms with E-state index in [9.17, 15) is 9.59 Å². The first kappa shape index (κ1) is 25.7. The molecule has 2 aromatic carbocycles. The number of benzene rings is 2. The van der Waals surface area contributed by atoms with Crippen LogP contribution in [0.1, 0.15) is 12.5 Å². The molecular formula is C27H28ClN7O2. The molecule has 2 heterocycles. The molecule has 0 unspecified atom stereocenters. The van der Waals surface area contributed by atoms with Crippen LogP contribution in [0.25, 0.3) is 28.4 Å². The maximum atomic E-state index is 12.3. The molecule has 2 aromatic heterocycles. The number of rotatable bonds is 11. The molecule has 0 atom stereocenters. The Balaban J connectivity index is 1.34. The van der Waals surface area contributed by atoms with Crippen LogP contribution in [-0.4, -0.2) is 52.9 Å². The number of hydrogen-bond donors (Lipinski definition) is 5. The number of carbonyl (C=O) groups is 2. The standard InChI is InChI=1S/C27H28ClN7O2/c1-18(36)29-12-13-30-24-16-25(35-27(34-24)19-6-9-21(28)10-7-19)31-14-15-32-26(37)11-8-20-17-33-23-5-3-2-4-22(20)23/h2-11,16-17,33H,12-15H2,1H3,(H,29,36)(H,32,37)(H2,30,31,34,35)/b11-8+. The quantitative estimate of drug-likeness (QED) is 0.151. The number of aromatic nitrogens is 3. The summed E-state index contributed by atoms with van der Waals surface area (Å²) in [5.41, 5.74) is 2.80. The maximum absolute atomic E-state index is 12.3. The molecule has 9 nitrogen and oxygen atoms in total. The number of hydrogen-bond acceptors (Lipinski definition) is 6. The van der Waals surface area contributed by atoms with Crippen molar-refractivity contribution in [2.24, 2.45) is 0 Å². The molecule has 190 valence electrons. The number of nitrogens with zero attached hydrogens (tertiary/aromatic N) is 2. The van der Waals surface area contributed by atoms with Crippen LogP contribution >= 0.6 is 11.6 Å². The fourth-order valence-electron chi connectivity index (χ4n) is 3.62. The SMILES string of the molecule is CC(=O)NCCNc1cc(NCCNC(=O)/C=C/c2c[nH]c3ccccc23)nc(-c2ccc(Cl)cc2)n1. The molecule has 0 saturated heterocycles. The van der Waals surface area contributed by atoms with Crippen molar-refractivity contribution in [1.82, 2.24) is 25.6 Å². The summed E-state index contributed by atoms with van der Waals surface area (Å²) in [7, 11) is 0. The summed E-state index contributed by atoms with van der Waals surface area (Å²) in [5, 5.41) is 13.7. The average molecular weight is 518 g/mol. The minimum Gasteiger partial charge on any atom is -0.368 e. The Morgan fingerprint density at radius 3 is 2.30 bits per heavy atom. The van der Waals surface area contributed by atoms with E-state index in [1.807, 2.05) is 42.6 Å². The van der Waals surface area contributed by atoms with Gasteiger partial charge in [-0.1, -0.05) is 29.8 Å². The number of amides is 2.